The van der Waals surface area contributed by atoms with Crippen LogP contribution in [0.5, 0.6) is 0 Å². The number of nitrogens with zero attached hydrogens (tertiary/aromatic N) is 2. The molecule has 1 aliphatic rings. The fourth-order valence-corrected chi connectivity index (χ4v) is 2.35. The van der Waals surface area contributed by atoms with Gasteiger partial charge in [0.25, 0.3) is 0 Å². The van der Waals surface area contributed by atoms with Gasteiger partial charge in [0.2, 0.25) is 0 Å². The van der Waals surface area contributed by atoms with Crippen LogP contribution in [0.25, 0.3) is 11.0 Å². The van der Waals surface area contributed by atoms with Crippen LogP contribution in [0.1, 0.15) is 24.6 Å². The van der Waals surface area contributed by atoms with Gasteiger partial charge in [0, 0.05) is 5.92 Å². The normalized spacial score (nSPS) is 18.1. The lowest BCUT2D eigenvalue weighted by Gasteiger charge is -2.20. The Balaban J connectivity index is 2.05. The van der Waals surface area contributed by atoms with E-state index in [1.165, 1.54) is 0 Å². The van der Waals surface area contributed by atoms with Crippen molar-refractivity contribution in [1.82, 2.24) is 15.1 Å². The molecule has 0 atom stereocenters. The minimum atomic E-state index is 0.249. The second-order valence-electron chi connectivity index (χ2n) is 4.26. The SMILES string of the molecule is Fn1c(C2CCNCC2)nc2ccccc21. The molecule has 0 saturated carbocycles. The van der Waals surface area contributed by atoms with Crippen molar-refractivity contribution in [2.75, 3.05) is 13.1 Å². The quantitative estimate of drug-likeness (QED) is 0.797. The van der Waals surface area contributed by atoms with Gasteiger partial charge in [-0.1, -0.05) is 16.6 Å². The molecule has 0 aliphatic carbocycles. The number of nitrogens with one attached hydrogen (secondary N) is 1. The van der Waals surface area contributed by atoms with Gasteiger partial charge in [0.1, 0.15) is 11.3 Å². The first-order chi connectivity index (χ1) is 7.86. The van der Waals surface area contributed by atoms with Crippen LogP contribution < -0.4 is 5.32 Å². The molecule has 16 heavy (non-hydrogen) atoms. The van der Waals surface area contributed by atoms with Crippen molar-refractivity contribution in [3.63, 3.8) is 0 Å². The van der Waals surface area contributed by atoms with Gasteiger partial charge in [0.15, 0.2) is 0 Å². The van der Waals surface area contributed by atoms with Gasteiger partial charge in [-0.25, -0.2) is 4.98 Å². The van der Waals surface area contributed by atoms with Gasteiger partial charge in [-0.15, -0.1) is 0 Å². The number of piperidine rings is 1. The third-order valence-electron chi connectivity index (χ3n) is 3.23. The Morgan fingerprint density at radius 1 is 1.25 bits per heavy atom. The molecule has 1 aromatic heterocycles. The number of hydrogen-bond acceptors (Lipinski definition) is 2. The maximum atomic E-state index is 14.0. The number of hydrogen-bond donors (Lipinski definition) is 1. The van der Waals surface area contributed by atoms with Gasteiger partial charge in [-0.2, -0.15) is 4.79 Å². The molecule has 1 saturated heterocycles. The molecule has 2 aromatic rings. The summed E-state index contributed by atoms with van der Waals surface area (Å²) in [5.41, 5.74) is 1.33. The van der Waals surface area contributed by atoms with Crippen molar-refractivity contribution in [3.8, 4) is 0 Å². The minimum Gasteiger partial charge on any atom is -0.317 e. The summed E-state index contributed by atoms with van der Waals surface area (Å²) in [4.78, 5) is 5.15. The van der Waals surface area contributed by atoms with Crippen LogP contribution in [0.4, 0.5) is 4.48 Å². The van der Waals surface area contributed by atoms with Crippen LogP contribution >= 0.6 is 0 Å². The summed E-state index contributed by atoms with van der Waals surface area (Å²) in [6.07, 6.45) is 1.93. The zero-order chi connectivity index (χ0) is 11.0. The van der Waals surface area contributed by atoms with E-state index in [0.29, 0.717) is 11.3 Å². The van der Waals surface area contributed by atoms with Crippen LogP contribution in [-0.4, -0.2) is 22.9 Å². The van der Waals surface area contributed by atoms with Gasteiger partial charge in [-0.3, -0.25) is 0 Å². The second-order valence-corrected chi connectivity index (χ2v) is 4.26. The fraction of sp³-hybridized carbons (Fsp3) is 0.417. The third-order valence-corrected chi connectivity index (χ3v) is 3.23. The fourth-order valence-electron chi connectivity index (χ4n) is 2.35. The summed E-state index contributed by atoms with van der Waals surface area (Å²) in [7, 11) is 0. The first-order valence-electron chi connectivity index (χ1n) is 5.70. The highest BCUT2D eigenvalue weighted by Gasteiger charge is 2.22. The maximum Gasteiger partial charge on any atom is 0.143 e. The predicted octanol–water partition coefficient (Wildman–Crippen LogP) is 2.24. The molecule has 4 heteroatoms. The van der Waals surface area contributed by atoms with Gasteiger partial charge < -0.3 is 5.32 Å². The highest BCUT2D eigenvalue weighted by atomic mass is 19.2. The van der Waals surface area contributed by atoms with Crippen LogP contribution in [0.15, 0.2) is 24.3 Å². The Morgan fingerprint density at radius 3 is 2.75 bits per heavy atom. The second kappa shape index (κ2) is 3.87. The molecule has 84 valence electrons. The summed E-state index contributed by atoms with van der Waals surface area (Å²) in [6, 6.07) is 7.36. The molecule has 3 nitrogen and oxygen atoms in total. The lowest BCUT2D eigenvalue weighted by atomic mass is 9.98. The van der Waals surface area contributed by atoms with Gasteiger partial charge in [0.05, 0.1) is 5.52 Å². The highest BCUT2D eigenvalue weighted by Crippen LogP contribution is 2.27. The first kappa shape index (κ1) is 9.78. The van der Waals surface area contributed by atoms with E-state index in [2.05, 4.69) is 10.3 Å². The molecule has 2 heterocycles. The third kappa shape index (κ3) is 1.50. The molecule has 0 radical (unpaired) electrons. The lowest BCUT2D eigenvalue weighted by molar-refractivity contribution is 0.332. The summed E-state index contributed by atoms with van der Waals surface area (Å²) in [5.74, 6) is 0.835. The predicted molar refractivity (Wildman–Crippen MR) is 61.1 cm³/mol. The molecule has 1 aromatic carbocycles. The number of para-hydroxylation sites is 2. The van der Waals surface area contributed by atoms with Crippen molar-refractivity contribution >= 4 is 11.0 Å². The average molecular weight is 219 g/mol. The molecule has 0 unspecified atom stereocenters. The number of fused-ring (bicyclic) bond motifs is 1. The van der Waals surface area contributed by atoms with Crippen LogP contribution in [0.3, 0.4) is 0 Å². The Hall–Kier alpha value is -1.42. The zero-order valence-corrected chi connectivity index (χ0v) is 8.99. The van der Waals surface area contributed by atoms with Gasteiger partial charge >= 0.3 is 0 Å². The smallest absolute Gasteiger partial charge is 0.143 e. The van der Waals surface area contributed by atoms with E-state index in [1.807, 2.05) is 18.2 Å². The van der Waals surface area contributed by atoms with E-state index < -0.39 is 0 Å². The number of halogens is 1. The Labute approximate surface area is 93.2 Å². The summed E-state index contributed by atoms with van der Waals surface area (Å²) in [5, 5.41) is 3.28. The van der Waals surface area contributed by atoms with E-state index >= 15 is 0 Å². The zero-order valence-electron chi connectivity index (χ0n) is 8.99. The van der Waals surface area contributed by atoms with E-state index in [1.54, 1.807) is 6.07 Å². The molecule has 1 aliphatic heterocycles. The molecule has 3 rings (SSSR count). The van der Waals surface area contributed by atoms with Crippen molar-refractivity contribution in [2.24, 2.45) is 0 Å². The number of rotatable bonds is 1. The van der Waals surface area contributed by atoms with Crippen molar-refractivity contribution in [3.05, 3.63) is 30.1 Å². The van der Waals surface area contributed by atoms with Crippen LogP contribution in [-0.2, 0) is 0 Å². The van der Waals surface area contributed by atoms with Crippen molar-refractivity contribution in [2.45, 2.75) is 18.8 Å². The molecule has 0 bridgehead atoms. The first-order valence-corrected chi connectivity index (χ1v) is 5.70. The molecule has 1 fully saturated rings. The van der Waals surface area contributed by atoms with E-state index in [-0.39, 0.29) is 5.92 Å². The monoisotopic (exact) mass is 219 g/mol. The highest BCUT2D eigenvalue weighted by molar-refractivity contribution is 5.75. The topological polar surface area (TPSA) is 29.9 Å². The number of imidazole rings is 1. The van der Waals surface area contributed by atoms with Crippen molar-refractivity contribution < 1.29 is 4.48 Å². The minimum absolute atomic E-state index is 0.249. The summed E-state index contributed by atoms with van der Waals surface area (Å²) in [6.45, 7) is 1.90. The van der Waals surface area contributed by atoms with E-state index in [9.17, 15) is 4.48 Å². The Morgan fingerprint density at radius 2 is 2.00 bits per heavy atom. The largest absolute Gasteiger partial charge is 0.317 e. The Kier molecular flexibility index (Phi) is 2.36. The van der Waals surface area contributed by atoms with Gasteiger partial charge in [-0.05, 0) is 38.1 Å². The molecule has 0 spiro atoms. The number of aromatic nitrogens is 2. The maximum absolute atomic E-state index is 14.0. The van der Waals surface area contributed by atoms with Crippen LogP contribution in [0, 0.1) is 0 Å². The summed E-state index contributed by atoms with van der Waals surface area (Å²) < 4.78 is 14.0. The molecule has 0 amide bonds. The Bertz CT molecular complexity index is 500. The van der Waals surface area contributed by atoms with E-state index in [4.69, 9.17) is 0 Å². The van der Waals surface area contributed by atoms with E-state index in [0.717, 1.165) is 36.2 Å². The number of benzene rings is 1. The standard InChI is InChI=1S/C12H14FN3/c13-16-11-4-2-1-3-10(11)15-12(16)9-5-7-14-8-6-9/h1-4,9,14H,5-8H2. The molecular formula is C12H14FN3. The van der Waals surface area contributed by atoms with Crippen LogP contribution in [0.2, 0.25) is 0 Å². The molecular weight excluding hydrogens is 205 g/mol. The average Bonchev–Trinajstić information content (AvgIpc) is 2.69. The van der Waals surface area contributed by atoms with Crippen molar-refractivity contribution in [1.29, 1.82) is 0 Å². The summed E-state index contributed by atoms with van der Waals surface area (Å²) >= 11 is 0. The molecule has 1 N–H and O–H groups in total. The lowest BCUT2D eigenvalue weighted by Crippen LogP contribution is -2.27.